The van der Waals surface area contributed by atoms with Crippen molar-refractivity contribution in [1.29, 1.82) is 0 Å². The number of nitrogens with zero attached hydrogens (tertiary/aromatic N) is 1. The van der Waals surface area contributed by atoms with E-state index < -0.39 is 18.1 Å². The van der Waals surface area contributed by atoms with E-state index in [-0.39, 0.29) is 16.6 Å². The first kappa shape index (κ1) is 16.3. The van der Waals surface area contributed by atoms with Crippen molar-refractivity contribution in [3.05, 3.63) is 62.3 Å². The summed E-state index contributed by atoms with van der Waals surface area (Å²) >= 11 is 1.46. The second-order valence-corrected chi connectivity index (χ2v) is 7.69. The maximum atomic E-state index is 12.6. The molecule has 25 heavy (non-hydrogen) atoms. The molecule has 4 atom stereocenters. The van der Waals surface area contributed by atoms with E-state index in [4.69, 9.17) is 4.74 Å². The van der Waals surface area contributed by atoms with Gasteiger partial charge in [-0.1, -0.05) is 30.7 Å². The number of ether oxygens (including phenoxy) is 1. The molecule has 0 spiro atoms. The lowest BCUT2D eigenvalue weighted by Crippen LogP contribution is -2.45. The zero-order valence-corrected chi connectivity index (χ0v) is 14.5. The van der Waals surface area contributed by atoms with Gasteiger partial charge in [-0.05, 0) is 30.4 Å². The van der Waals surface area contributed by atoms with Crippen molar-refractivity contribution in [3.8, 4) is 5.75 Å². The molecule has 0 radical (unpaired) electrons. The molecule has 2 aromatic rings. The first-order chi connectivity index (χ1) is 12.2. The van der Waals surface area contributed by atoms with Gasteiger partial charge in [0.25, 0.3) is 6.04 Å². The summed E-state index contributed by atoms with van der Waals surface area (Å²) in [6.45, 7) is 0. The first-order valence-electron chi connectivity index (χ1n) is 8.62. The van der Waals surface area contributed by atoms with Crippen LogP contribution in [0.5, 0.6) is 5.75 Å². The van der Waals surface area contributed by atoms with E-state index in [0.29, 0.717) is 12.2 Å². The van der Waals surface area contributed by atoms with Gasteiger partial charge in [0.15, 0.2) is 0 Å². The molecule has 1 aliphatic carbocycles. The quantitative estimate of drug-likeness (QED) is 0.604. The number of hydrogen-bond donors (Lipinski definition) is 0. The SMILES string of the molecule is O=C1CCCC[C@@H]1[C@H]1c2ccccc2O[C@H](c2cccs2)[C@@H]1[N+](=O)[O-]. The van der Waals surface area contributed by atoms with Crippen molar-refractivity contribution < 1.29 is 14.5 Å². The summed E-state index contributed by atoms with van der Waals surface area (Å²) in [5, 5.41) is 13.9. The number of thiophene rings is 1. The van der Waals surface area contributed by atoms with E-state index in [1.54, 1.807) is 0 Å². The smallest absolute Gasteiger partial charge is 0.261 e. The van der Waals surface area contributed by atoms with Gasteiger partial charge in [0.1, 0.15) is 11.5 Å². The Hall–Kier alpha value is -2.21. The number of benzene rings is 1. The Bertz CT molecular complexity index is 788. The fourth-order valence-electron chi connectivity index (χ4n) is 4.21. The van der Waals surface area contributed by atoms with Gasteiger partial charge < -0.3 is 4.74 Å². The molecule has 0 amide bonds. The van der Waals surface area contributed by atoms with Crippen LogP contribution in [0.2, 0.25) is 0 Å². The number of para-hydroxylation sites is 1. The molecule has 1 aromatic heterocycles. The average Bonchev–Trinajstić information content (AvgIpc) is 3.15. The number of carbonyl (C=O) groups is 1. The summed E-state index contributed by atoms with van der Waals surface area (Å²) < 4.78 is 6.06. The normalized spacial score (nSPS) is 28.9. The van der Waals surface area contributed by atoms with Crippen LogP contribution in [0.3, 0.4) is 0 Å². The zero-order chi connectivity index (χ0) is 17.4. The van der Waals surface area contributed by atoms with Gasteiger partial charge in [0.05, 0.1) is 10.8 Å². The van der Waals surface area contributed by atoms with Crippen LogP contribution < -0.4 is 4.74 Å². The molecule has 0 bridgehead atoms. The number of fused-ring (bicyclic) bond motifs is 1. The Morgan fingerprint density at radius 1 is 1.16 bits per heavy atom. The number of rotatable bonds is 3. The second kappa shape index (κ2) is 6.59. The first-order valence-corrected chi connectivity index (χ1v) is 9.50. The minimum atomic E-state index is -0.944. The van der Waals surface area contributed by atoms with Gasteiger partial charge in [0.2, 0.25) is 6.10 Å². The minimum absolute atomic E-state index is 0.157. The number of ketones is 1. The molecule has 4 rings (SSSR count). The van der Waals surface area contributed by atoms with E-state index in [0.717, 1.165) is 29.7 Å². The molecule has 1 saturated carbocycles. The van der Waals surface area contributed by atoms with Gasteiger partial charge in [-0.15, -0.1) is 11.3 Å². The molecular formula is C19H19NO4S. The van der Waals surface area contributed by atoms with Gasteiger partial charge in [0, 0.05) is 22.8 Å². The van der Waals surface area contributed by atoms with Crippen LogP contribution in [0, 0.1) is 16.0 Å². The van der Waals surface area contributed by atoms with E-state index in [1.165, 1.54) is 11.3 Å². The van der Waals surface area contributed by atoms with Gasteiger partial charge >= 0.3 is 0 Å². The van der Waals surface area contributed by atoms with Crippen LogP contribution in [0.25, 0.3) is 0 Å². The number of hydrogen-bond acceptors (Lipinski definition) is 5. The summed E-state index contributed by atoms with van der Waals surface area (Å²) in [6, 6.07) is 10.3. The second-order valence-electron chi connectivity index (χ2n) is 6.71. The van der Waals surface area contributed by atoms with Crippen molar-refractivity contribution in [2.75, 3.05) is 0 Å². The zero-order valence-electron chi connectivity index (χ0n) is 13.7. The molecule has 0 N–H and O–H groups in total. The van der Waals surface area contributed by atoms with Crippen molar-refractivity contribution in [2.24, 2.45) is 5.92 Å². The molecule has 5 nitrogen and oxygen atoms in total. The fraction of sp³-hybridized carbons (Fsp3) is 0.421. The van der Waals surface area contributed by atoms with Crippen molar-refractivity contribution >= 4 is 17.1 Å². The van der Waals surface area contributed by atoms with Crippen LogP contribution >= 0.6 is 11.3 Å². The molecule has 130 valence electrons. The Morgan fingerprint density at radius 2 is 2.00 bits per heavy atom. The molecule has 1 aliphatic heterocycles. The van der Waals surface area contributed by atoms with Crippen LogP contribution in [0.4, 0.5) is 0 Å². The van der Waals surface area contributed by atoms with E-state index in [1.807, 2.05) is 41.8 Å². The lowest BCUT2D eigenvalue weighted by Gasteiger charge is -2.38. The Balaban J connectivity index is 1.84. The molecule has 1 aromatic carbocycles. The Kier molecular flexibility index (Phi) is 4.29. The minimum Gasteiger partial charge on any atom is -0.477 e. The maximum absolute atomic E-state index is 12.6. The lowest BCUT2D eigenvalue weighted by molar-refractivity contribution is -0.541. The molecule has 2 aliphatic rings. The lowest BCUT2D eigenvalue weighted by atomic mass is 9.70. The summed E-state index contributed by atoms with van der Waals surface area (Å²) in [5.74, 6) is 0.101. The topological polar surface area (TPSA) is 69.4 Å². The number of carbonyl (C=O) groups excluding carboxylic acids is 1. The Morgan fingerprint density at radius 3 is 2.72 bits per heavy atom. The van der Waals surface area contributed by atoms with Gasteiger partial charge in [-0.2, -0.15) is 0 Å². The van der Waals surface area contributed by atoms with Crippen molar-refractivity contribution in [3.63, 3.8) is 0 Å². The van der Waals surface area contributed by atoms with Gasteiger partial charge in [-0.25, -0.2) is 0 Å². The van der Waals surface area contributed by atoms with E-state index in [2.05, 4.69) is 0 Å². The number of nitro groups is 1. The van der Waals surface area contributed by atoms with Crippen LogP contribution in [-0.2, 0) is 4.79 Å². The third-order valence-corrected chi connectivity index (χ3v) is 6.25. The molecule has 0 saturated heterocycles. The maximum Gasteiger partial charge on any atom is 0.261 e. The predicted molar refractivity (Wildman–Crippen MR) is 94.6 cm³/mol. The largest absolute Gasteiger partial charge is 0.477 e. The summed E-state index contributed by atoms with van der Waals surface area (Å²) in [4.78, 5) is 25.2. The highest BCUT2D eigenvalue weighted by molar-refractivity contribution is 7.10. The van der Waals surface area contributed by atoms with Crippen LogP contribution in [0.1, 0.15) is 48.1 Å². The fourth-order valence-corrected chi connectivity index (χ4v) is 5.00. The highest BCUT2D eigenvalue weighted by Crippen LogP contribution is 2.49. The average molecular weight is 357 g/mol. The highest BCUT2D eigenvalue weighted by Gasteiger charge is 2.52. The summed E-state index contributed by atoms with van der Waals surface area (Å²) in [7, 11) is 0. The standard InChI is InChI=1S/C19H19NO4S/c21-14-8-3-1-6-12(14)17-13-7-2-4-9-15(13)24-19(18(17)20(22)23)16-10-5-11-25-16/h2,4-5,7,9-12,17-19H,1,3,6,8H2/t12-,17-,18+,19+/m0/s1. The predicted octanol–water partition coefficient (Wildman–Crippen LogP) is 4.37. The molecule has 2 heterocycles. The van der Waals surface area contributed by atoms with Crippen molar-refractivity contribution in [2.45, 2.75) is 43.7 Å². The summed E-state index contributed by atoms with van der Waals surface area (Å²) in [5.41, 5.74) is 0.803. The summed E-state index contributed by atoms with van der Waals surface area (Å²) in [6.07, 6.45) is 2.43. The molecule has 6 heteroatoms. The van der Waals surface area contributed by atoms with Crippen LogP contribution in [-0.4, -0.2) is 16.7 Å². The highest BCUT2D eigenvalue weighted by atomic mass is 32.1. The Labute approximate surface area is 149 Å². The molecule has 1 fully saturated rings. The van der Waals surface area contributed by atoms with E-state index >= 15 is 0 Å². The van der Waals surface area contributed by atoms with Gasteiger partial charge in [-0.3, -0.25) is 14.9 Å². The van der Waals surface area contributed by atoms with Crippen LogP contribution in [0.15, 0.2) is 41.8 Å². The monoisotopic (exact) mass is 357 g/mol. The van der Waals surface area contributed by atoms with E-state index in [9.17, 15) is 14.9 Å². The molecule has 0 unspecified atom stereocenters. The third kappa shape index (κ3) is 2.84. The molecular weight excluding hydrogens is 338 g/mol. The number of Topliss-reactive ketones (excluding diaryl/α,β-unsaturated/α-hetero) is 1. The van der Waals surface area contributed by atoms with Crippen molar-refractivity contribution in [1.82, 2.24) is 0 Å². The third-order valence-electron chi connectivity index (χ3n) is 5.31.